The highest BCUT2D eigenvalue weighted by Crippen LogP contribution is 2.37. The molecule has 2 rings (SSSR count). The second-order valence-corrected chi connectivity index (χ2v) is 13.3. The number of esters is 1. The lowest BCUT2D eigenvalue weighted by Crippen LogP contribution is -2.41. The van der Waals surface area contributed by atoms with Gasteiger partial charge in [0.05, 0.1) is 5.56 Å². The van der Waals surface area contributed by atoms with E-state index in [1.165, 1.54) is 0 Å². The van der Waals surface area contributed by atoms with E-state index < -0.39 is 8.32 Å². The van der Waals surface area contributed by atoms with Crippen LogP contribution in [-0.2, 0) is 9.16 Å². The number of carbonyl (C=O) groups excluding carboxylic acids is 1. The first-order valence-corrected chi connectivity index (χ1v) is 12.0. The second kappa shape index (κ2) is 10.5. The number of rotatable bonds is 6. The second-order valence-electron chi connectivity index (χ2n) is 8.47. The standard InChI is InChI=1S/C20H32O3Si.CH4.H2S/c1-20(2,3)24(4,5)22-14-13-16-11-12-18(15-16)23-19(21)17-9-7-6-8-10-17;;/h6-10,16,18H,11-15H2,1-5H3;1H4;1H2/t16-,18+;;/m1../s1. The molecule has 26 heavy (non-hydrogen) atoms. The molecule has 0 N–H and O–H groups in total. The Balaban J connectivity index is 0.00000312. The Labute approximate surface area is 168 Å². The number of carbonyl (C=O) groups is 1. The average Bonchev–Trinajstić information content (AvgIpc) is 2.94. The van der Waals surface area contributed by atoms with Crippen molar-refractivity contribution in [2.75, 3.05) is 6.61 Å². The summed E-state index contributed by atoms with van der Waals surface area (Å²) < 4.78 is 11.9. The van der Waals surface area contributed by atoms with E-state index in [4.69, 9.17) is 9.16 Å². The summed E-state index contributed by atoms with van der Waals surface area (Å²) in [6, 6.07) is 9.26. The number of hydrogen-bond acceptors (Lipinski definition) is 3. The summed E-state index contributed by atoms with van der Waals surface area (Å²) in [6.45, 7) is 12.2. The van der Waals surface area contributed by atoms with Gasteiger partial charge in [-0.05, 0) is 61.9 Å². The predicted octanol–water partition coefficient (Wildman–Crippen LogP) is 6.17. The molecule has 0 bridgehead atoms. The molecular formula is C21H38O3SSi. The molecule has 1 aliphatic carbocycles. The van der Waals surface area contributed by atoms with Gasteiger partial charge in [0.1, 0.15) is 6.10 Å². The Morgan fingerprint density at radius 1 is 1.15 bits per heavy atom. The SMILES string of the molecule is C.CC(C)(C)[Si](C)(C)OCC[C@H]1CC[C@H](OC(=O)c2ccccc2)C1.S. The van der Waals surface area contributed by atoms with Gasteiger partial charge in [-0.15, -0.1) is 0 Å². The van der Waals surface area contributed by atoms with Crippen LogP contribution in [0.2, 0.25) is 18.1 Å². The number of ether oxygens (including phenoxy) is 1. The normalized spacial score (nSPS) is 20.0. The summed E-state index contributed by atoms with van der Waals surface area (Å²) in [5.74, 6) is 0.419. The fourth-order valence-electron chi connectivity index (χ4n) is 2.89. The maximum Gasteiger partial charge on any atom is 0.338 e. The van der Waals surface area contributed by atoms with Gasteiger partial charge in [-0.25, -0.2) is 4.79 Å². The smallest absolute Gasteiger partial charge is 0.338 e. The van der Waals surface area contributed by atoms with E-state index in [0.29, 0.717) is 11.5 Å². The van der Waals surface area contributed by atoms with Gasteiger partial charge in [-0.1, -0.05) is 46.4 Å². The topological polar surface area (TPSA) is 35.5 Å². The molecule has 1 aromatic carbocycles. The Hall–Kier alpha value is -0.783. The summed E-state index contributed by atoms with van der Waals surface area (Å²) in [7, 11) is -1.65. The molecule has 1 saturated carbocycles. The minimum Gasteiger partial charge on any atom is -0.459 e. The van der Waals surface area contributed by atoms with Gasteiger partial charge in [0.25, 0.3) is 0 Å². The van der Waals surface area contributed by atoms with Crippen LogP contribution in [0.5, 0.6) is 0 Å². The highest BCUT2D eigenvalue weighted by atomic mass is 32.1. The molecule has 1 aliphatic rings. The lowest BCUT2D eigenvalue weighted by molar-refractivity contribution is 0.0307. The van der Waals surface area contributed by atoms with Crippen molar-refractivity contribution >= 4 is 27.8 Å². The molecule has 5 heteroatoms. The third-order valence-electron chi connectivity index (χ3n) is 5.57. The Morgan fingerprint density at radius 3 is 2.35 bits per heavy atom. The molecule has 0 radical (unpaired) electrons. The lowest BCUT2D eigenvalue weighted by atomic mass is 10.1. The summed E-state index contributed by atoms with van der Waals surface area (Å²) in [5.41, 5.74) is 0.641. The first-order chi connectivity index (χ1) is 11.2. The minimum atomic E-state index is -1.65. The van der Waals surface area contributed by atoms with Crippen molar-refractivity contribution in [2.24, 2.45) is 5.92 Å². The van der Waals surface area contributed by atoms with Crippen molar-refractivity contribution in [3.05, 3.63) is 35.9 Å². The molecule has 1 fully saturated rings. The van der Waals surface area contributed by atoms with Gasteiger partial charge < -0.3 is 9.16 Å². The van der Waals surface area contributed by atoms with Gasteiger partial charge in [0.2, 0.25) is 0 Å². The highest BCUT2D eigenvalue weighted by molar-refractivity contribution is 7.59. The maximum absolute atomic E-state index is 12.1. The molecule has 0 aromatic heterocycles. The van der Waals surface area contributed by atoms with Crippen LogP contribution in [0.1, 0.15) is 64.2 Å². The number of benzene rings is 1. The third-order valence-corrected chi connectivity index (χ3v) is 10.1. The third kappa shape index (κ3) is 7.09. The first kappa shape index (κ1) is 25.2. The van der Waals surface area contributed by atoms with Gasteiger partial charge in [0, 0.05) is 6.61 Å². The van der Waals surface area contributed by atoms with Crippen LogP contribution < -0.4 is 0 Å². The van der Waals surface area contributed by atoms with E-state index in [-0.39, 0.29) is 38.0 Å². The molecule has 150 valence electrons. The molecule has 2 atom stereocenters. The van der Waals surface area contributed by atoms with Crippen LogP contribution in [0.4, 0.5) is 0 Å². The molecule has 0 amide bonds. The van der Waals surface area contributed by atoms with Crippen molar-refractivity contribution < 1.29 is 14.0 Å². The van der Waals surface area contributed by atoms with Crippen LogP contribution >= 0.6 is 13.5 Å². The molecule has 1 aromatic rings. The summed E-state index contributed by atoms with van der Waals surface area (Å²) in [6.07, 6.45) is 4.22. The molecular weight excluding hydrogens is 360 g/mol. The van der Waals surface area contributed by atoms with Crippen LogP contribution in [-0.4, -0.2) is 27.0 Å². The first-order valence-electron chi connectivity index (χ1n) is 9.09. The Bertz CT molecular complexity index is 540. The quantitative estimate of drug-likeness (QED) is 0.424. The Morgan fingerprint density at radius 2 is 1.77 bits per heavy atom. The van der Waals surface area contributed by atoms with Gasteiger partial charge >= 0.3 is 5.97 Å². The van der Waals surface area contributed by atoms with Gasteiger partial charge in [-0.2, -0.15) is 13.5 Å². The largest absolute Gasteiger partial charge is 0.459 e. The average molecular weight is 399 g/mol. The molecule has 0 unspecified atom stereocenters. The fourth-order valence-corrected chi connectivity index (χ4v) is 3.95. The zero-order valence-electron chi connectivity index (χ0n) is 16.3. The molecule has 3 nitrogen and oxygen atoms in total. The van der Waals surface area contributed by atoms with Gasteiger partial charge in [0.15, 0.2) is 8.32 Å². The lowest BCUT2D eigenvalue weighted by Gasteiger charge is -2.36. The summed E-state index contributed by atoms with van der Waals surface area (Å²) >= 11 is 0. The molecule has 0 saturated heterocycles. The fraction of sp³-hybridized carbons (Fsp3) is 0.667. The van der Waals surface area contributed by atoms with E-state index in [2.05, 4.69) is 33.9 Å². The van der Waals surface area contributed by atoms with Crippen LogP contribution in [0.3, 0.4) is 0 Å². The zero-order chi connectivity index (χ0) is 17.8. The minimum absolute atomic E-state index is 0. The summed E-state index contributed by atoms with van der Waals surface area (Å²) in [4.78, 5) is 12.1. The van der Waals surface area contributed by atoms with E-state index in [1.54, 1.807) is 0 Å². The van der Waals surface area contributed by atoms with Crippen molar-refractivity contribution in [3.63, 3.8) is 0 Å². The monoisotopic (exact) mass is 398 g/mol. The Kier molecular flexibility index (Phi) is 10.2. The van der Waals surface area contributed by atoms with Crippen LogP contribution in [0.25, 0.3) is 0 Å². The molecule has 0 spiro atoms. The van der Waals surface area contributed by atoms with Crippen molar-refractivity contribution in [1.29, 1.82) is 0 Å². The van der Waals surface area contributed by atoms with Crippen LogP contribution in [0, 0.1) is 5.92 Å². The van der Waals surface area contributed by atoms with E-state index in [9.17, 15) is 4.79 Å². The van der Waals surface area contributed by atoms with E-state index in [0.717, 1.165) is 32.3 Å². The van der Waals surface area contributed by atoms with Crippen molar-refractivity contribution in [2.45, 2.75) is 78.1 Å². The van der Waals surface area contributed by atoms with Crippen molar-refractivity contribution in [3.8, 4) is 0 Å². The highest BCUT2D eigenvalue weighted by Gasteiger charge is 2.37. The van der Waals surface area contributed by atoms with Crippen molar-refractivity contribution in [1.82, 2.24) is 0 Å². The maximum atomic E-state index is 12.1. The van der Waals surface area contributed by atoms with E-state index in [1.807, 2.05) is 30.3 Å². The summed E-state index contributed by atoms with van der Waals surface area (Å²) in [5, 5.41) is 0.260. The van der Waals surface area contributed by atoms with Crippen LogP contribution in [0.15, 0.2) is 30.3 Å². The number of hydrogen-bond donors (Lipinski definition) is 0. The molecule has 0 heterocycles. The molecule has 0 aliphatic heterocycles. The predicted molar refractivity (Wildman–Crippen MR) is 118 cm³/mol. The zero-order valence-corrected chi connectivity index (χ0v) is 18.3. The van der Waals surface area contributed by atoms with E-state index >= 15 is 0 Å². The van der Waals surface area contributed by atoms with Gasteiger partial charge in [-0.3, -0.25) is 0 Å².